The van der Waals surface area contributed by atoms with Gasteiger partial charge >= 0.3 is 0 Å². The van der Waals surface area contributed by atoms with E-state index in [1.54, 1.807) is 11.8 Å². The molecular formula is C10H18S. The third kappa shape index (κ3) is 6.24. The molecule has 0 atom stereocenters. The van der Waals surface area contributed by atoms with Crippen LogP contribution in [0.3, 0.4) is 0 Å². The molecule has 0 aliphatic carbocycles. The van der Waals surface area contributed by atoms with Gasteiger partial charge in [0.1, 0.15) is 0 Å². The second kappa shape index (κ2) is 6.53. The van der Waals surface area contributed by atoms with Crippen LogP contribution in [0.2, 0.25) is 0 Å². The predicted molar refractivity (Wildman–Crippen MR) is 55.6 cm³/mol. The summed E-state index contributed by atoms with van der Waals surface area (Å²) in [4.78, 5) is 1.25. The minimum atomic E-state index is 0.589. The van der Waals surface area contributed by atoms with Gasteiger partial charge in [0.25, 0.3) is 0 Å². The highest BCUT2D eigenvalue weighted by Gasteiger charge is 1.96. The van der Waals surface area contributed by atoms with E-state index in [1.807, 2.05) is 0 Å². The topological polar surface area (TPSA) is 0 Å². The zero-order valence-corrected chi connectivity index (χ0v) is 8.58. The van der Waals surface area contributed by atoms with Crippen molar-refractivity contribution in [3.8, 4) is 0 Å². The van der Waals surface area contributed by atoms with E-state index >= 15 is 0 Å². The van der Waals surface area contributed by atoms with Gasteiger partial charge in [-0.25, -0.2) is 0 Å². The van der Waals surface area contributed by atoms with Gasteiger partial charge < -0.3 is 0 Å². The Kier molecular flexibility index (Phi) is 6.43. The summed E-state index contributed by atoms with van der Waals surface area (Å²) in [5.41, 5.74) is 0. The summed E-state index contributed by atoms with van der Waals surface area (Å²) in [6.45, 7) is 10.5. The summed E-state index contributed by atoms with van der Waals surface area (Å²) >= 11 is 1.75. The summed E-state index contributed by atoms with van der Waals surface area (Å²) in [5, 5.41) is 2.14. The average molecular weight is 170 g/mol. The Balaban J connectivity index is 3.45. The normalized spacial score (nSPS) is 11.3. The van der Waals surface area contributed by atoms with Crippen LogP contribution in [0.5, 0.6) is 0 Å². The summed E-state index contributed by atoms with van der Waals surface area (Å²) in [6.07, 6.45) is 4.61. The molecular weight excluding hydrogens is 152 g/mol. The van der Waals surface area contributed by atoms with E-state index in [-0.39, 0.29) is 0 Å². The van der Waals surface area contributed by atoms with E-state index in [9.17, 15) is 0 Å². The van der Waals surface area contributed by atoms with Crippen molar-refractivity contribution >= 4 is 11.8 Å². The third-order valence-corrected chi connectivity index (χ3v) is 2.52. The quantitative estimate of drug-likeness (QED) is 0.596. The van der Waals surface area contributed by atoms with Crippen LogP contribution in [0.25, 0.3) is 0 Å². The molecule has 0 bridgehead atoms. The lowest BCUT2D eigenvalue weighted by atomic mass is 10.2. The molecule has 0 aliphatic heterocycles. The maximum atomic E-state index is 3.96. The van der Waals surface area contributed by atoms with Crippen molar-refractivity contribution in [2.24, 2.45) is 5.92 Å². The molecule has 0 unspecified atom stereocenters. The fourth-order valence-corrected chi connectivity index (χ4v) is 1.19. The van der Waals surface area contributed by atoms with Crippen LogP contribution in [0, 0.1) is 5.92 Å². The highest BCUT2D eigenvalue weighted by atomic mass is 32.2. The largest absolute Gasteiger partial charge is 0.103 e. The third-order valence-electron chi connectivity index (χ3n) is 1.41. The Morgan fingerprint density at radius 2 is 2.18 bits per heavy atom. The number of unbranched alkanes of at least 4 members (excludes halogenated alkanes) is 1. The van der Waals surface area contributed by atoms with Crippen molar-refractivity contribution in [1.29, 1.82) is 0 Å². The van der Waals surface area contributed by atoms with Gasteiger partial charge in [-0.2, -0.15) is 0 Å². The van der Waals surface area contributed by atoms with Gasteiger partial charge in [0, 0.05) is 0 Å². The summed E-state index contributed by atoms with van der Waals surface area (Å²) in [7, 11) is 0. The first kappa shape index (κ1) is 10.8. The second-order valence-electron chi connectivity index (χ2n) is 2.90. The van der Waals surface area contributed by atoms with Crippen molar-refractivity contribution in [2.75, 3.05) is 0 Å². The molecule has 0 nitrogen and oxygen atoms in total. The fourth-order valence-electron chi connectivity index (χ4n) is 0.506. The number of hydrogen-bond donors (Lipinski definition) is 0. The van der Waals surface area contributed by atoms with Crippen molar-refractivity contribution in [3.63, 3.8) is 0 Å². The molecule has 11 heavy (non-hydrogen) atoms. The zero-order valence-electron chi connectivity index (χ0n) is 7.76. The zero-order chi connectivity index (χ0) is 8.69. The molecule has 1 heteroatoms. The SMILES string of the molecule is C=C(S/C=C\CCC)C(C)C. The lowest BCUT2D eigenvalue weighted by Gasteiger charge is -2.03. The number of allylic oxidation sites excluding steroid dienone is 2. The maximum absolute atomic E-state index is 3.96. The number of rotatable bonds is 5. The Morgan fingerprint density at radius 1 is 1.55 bits per heavy atom. The standard InChI is InChI=1S/C10H18S/c1-5-6-7-8-11-10(4)9(2)3/h7-9H,4-6H2,1-3H3/b8-7-. The van der Waals surface area contributed by atoms with Crippen LogP contribution in [0.4, 0.5) is 0 Å². The van der Waals surface area contributed by atoms with Crippen LogP contribution in [0.1, 0.15) is 33.6 Å². The molecule has 0 N–H and O–H groups in total. The van der Waals surface area contributed by atoms with Crippen LogP contribution >= 0.6 is 11.8 Å². The van der Waals surface area contributed by atoms with Gasteiger partial charge in [0.2, 0.25) is 0 Å². The van der Waals surface area contributed by atoms with E-state index in [1.165, 1.54) is 17.7 Å². The molecule has 0 rings (SSSR count). The summed E-state index contributed by atoms with van der Waals surface area (Å²) in [5.74, 6) is 0.589. The smallest absolute Gasteiger partial charge is 0.0155 e. The van der Waals surface area contributed by atoms with Crippen molar-refractivity contribution < 1.29 is 0 Å². The molecule has 0 heterocycles. The molecule has 0 aromatic carbocycles. The summed E-state index contributed by atoms with van der Waals surface area (Å²) < 4.78 is 0. The lowest BCUT2D eigenvalue weighted by molar-refractivity contribution is 0.820. The second-order valence-corrected chi connectivity index (χ2v) is 3.93. The van der Waals surface area contributed by atoms with Crippen molar-refractivity contribution in [2.45, 2.75) is 33.6 Å². The Hall–Kier alpha value is -0.170. The van der Waals surface area contributed by atoms with Gasteiger partial charge in [-0.1, -0.05) is 39.8 Å². The van der Waals surface area contributed by atoms with E-state index < -0.39 is 0 Å². The average Bonchev–Trinajstić information content (AvgIpc) is 1.97. The van der Waals surface area contributed by atoms with Gasteiger partial charge in [0.05, 0.1) is 0 Å². The highest BCUT2D eigenvalue weighted by molar-refractivity contribution is 8.05. The van der Waals surface area contributed by atoms with Gasteiger partial charge in [-0.3, -0.25) is 0 Å². The van der Waals surface area contributed by atoms with Gasteiger partial charge in [-0.05, 0) is 22.7 Å². The van der Waals surface area contributed by atoms with E-state index in [0.29, 0.717) is 5.92 Å². The Morgan fingerprint density at radius 3 is 2.64 bits per heavy atom. The molecule has 0 radical (unpaired) electrons. The van der Waals surface area contributed by atoms with Crippen molar-refractivity contribution in [3.05, 3.63) is 23.0 Å². The molecule has 0 amide bonds. The molecule has 0 aromatic heterocycles. The molecule has 0 aromatic rings. The van der Waals surface area contributed by atoms with Crippen molar-refractivity contribution in [1.82, 2.24) is 0 Å². The molecule has 64 valence electrons. The molecule has 0 fully saturated rings. The monoisotopic (exact) mass is 170 g/mol. The van der Waals surface area contributed by atoms with Crippen LogP contribution in [0.15, 0.2) is 23.0 Å². The lowest BCUT2D eigenvalue weighted by Crippen LogP contribution is -1.84. The first-order valence-corrected chi connectivity index (χ1v) is 5.07. The van der Waals surface area contributed by atoms with E-state index in [0.717, 1.165) is 0 Å². The van der Waals surface area contributed by atoms with Gasteiger partial charge in [0.15, 0.2) is 0 Å². The molecule has 0 saturated heterocycles. The summed E-state index contributed by atoms with van der Waals surface area (Å²) in [6, 6.07) is 0. The van der Waals surface area contributed by atoms with Crippen LogP contribution in [-0.4, -0.2) is 0 Å². The van der Waals surface area contributed by atoms with Crippen LogP contribution < -0.4 is 0 Å². The number of hydrogen-bond acceptors (Lipinski definition) is 1. The molecule has 0 saturated carbocycles. The predicted octanol–water partition coefficient (Wildman–Crippen LogP) is 4.20. The van der Waals surface area contributed by atoms with Gasteiger partial charge in [-0.15, -0.1) is 11.8 Å². The van der Waals surface area contributed by atoms with E-state index in [4.69, 9.17) is 0 Å². The number of thioether (sulfide) groups is 1. The fraction of sp³-hybridized carbons (Fsp3) is 0.600. The van der Waals surface area contributed by atoms with Crippen LogP contribution in [-0.2, 0) is 0 Å². The first-order valence-electron chi connectivity index (χ1n) is 4.19. The van der Waals surface area contributed by atoms with E-state index in [2.05, 4.69) is 38.8 Å². The molecule has 0 spiro atoms. The Bertz CT molecular complexity index is 134. The highest BCUT2D eigenvalue weighted by Crippen LogP contribution is 2.22. The minimum Gasteiger partial charge on any atom is -0.103 e. The minimum absolute atomic E-state index is 0.589. The molecule has 0 aliphatic rings. The Labute approximate surface area is 74.8 Å². The first-order chi connectivity index (χ1) is 5.18. The maximum Gasteiger partial charge on any atom is -0.0155 e.